The van der Waals surface area contributed by atoms with Gasteiger partial charge in [0.1, 0.15) is 0 Å². The van der Waals surface area contributed by atoms with E-state index in [1.807, 2.05) is 0 Å². The van der Waals surface area contributed by atoms with Gasteiger partial charge in [-0.15, -0.1) is 0 Å². The fourth-order valence-electron chi connectivity index (χ4n) is 4.72. The highest BCUT2D eigenvalue weighted by Gasteiger charge is 2.27. The smallest absolute Gasteiger partial charge is 0.295 e. The maximum Gasteiger partial charge on any atom is 0.295 e. The van der Waals surface area contributed by atoms with Crippen LogP contribution >= 0.6 is 0 Å². The summed E-state index contributed by atoms with van der Waals surface area (Å²) in [6, 6.07) is 0. The third kappa shape index (κ3) is 18.3. The van der Waals surface area contributed by atoms with Crippen molar-refractivity contribution in [3.8, 4) is 35.5 Å². The Kier molecular flexibility index (Phi) is 19.8. The average Bonchev–Trinajstić information content (AvgIpc) is 3.58. The highest BCUT2D eigenvalue weighted by molar-refractivity contribution is 5.94. The number of nitrogens with one attached hydrogen (secondary N) is 3. The maximum atomic E-state index is 11.0. The van der Waals surface area contributed by atoms with Crippen molar-refractivity contribution in [3.63, 3.8) is 0 Å². The SMILES string of the molecule is CNC(=O)C#CC(C)(C)N1CCCC1.CNC(=O)C#CCCN1CCCCC1.CNC(=O)C#CCCN1CCN(C)CC1. The van der Waals surface area contributed by atoms with Gasteiger partial charge in [0.15, 0.2) is 0 Å². The molecule has 0 aromatic carbocycles. The maximum absolute atomic E-state index is 11.0. The molecular weight excluding hydrogens is 542 g/mol. The largest absolute Gasteiger partial charge is 0.348 e. The number of carbonyl (C=O) groups is 3. The van der Waals surface area contributed by atoms with Crippen molar-refractivity contribution in [2.45, 2.75) is 64.3 Å². The first kappa shape index (κ1) is 38.0. The fraction of sp³-hybridized carbons (Fsp3) is 0.727. The molecule has 0 bridgehead atoms. The van der Waals surface area contributed by atoms with Gasteiger partial charge in [-0.3, -0.25) is 24.2 Å². The summed E-state index contributed by atoms with van der Waals surface area (Å²) in [6.45, 7) is 15.2. The van der Waals surface area contributed by atoms with Gasteiger partial charge in [-0.25, -0.2) is 0 Å². The summed E-state index contributed by atoms with van der Waals surface area (Å²) >= 11 is 0. The van der Waals surface area contributed by atoms with Gasteiger partial charge in [0.2, 0.25) is 0 Å². The van der Waals surface area contributed by atoms with Gasteiger partial charge in [0.25, 0.3) is 17.7 Å². The molecule has 43 heavy (non-hydrogen) atoms. The number of rotatable bonds is 5. The number of hydrogen-bond donors (Lipinski definition) is 3. The fourth-order valence-corrected chi connectivity index (χ4v) is 4.72. The lowest BCUT2D eigenvalue weighted by Crippen LogP contribution is -2.44. The van der Waals surface area contributed by atoms with Gasteiger partial charge in [0, 0.05) is 73.3 Å². The molecule has 3 rings (SSSR count). The van der Waals surface area contributed by atoms with Crippen LogP contribution in [0.25, 0.3) is 0 Å². The molecule has 240 valence electrons. The van der Waals surface area contributed by atoms with Crippen molar-refractivity contribution < 1.29 is 14.4 Å². The van der Waals surface area contributed by atoms with Crippen LogP contribution in [0, 0.1) is 35.5 Å². The highest BCUT2D eigenvalue weighted by atomic mass is 16.2. The summed E-state index contributed by atoms with van der Waals surface area (Å²) in [4.78, 5) is 42.0. The number of piperidine rings is 1. The zero-order valence-corrected chi connectivity index (χ0v) is 27.5. The Morgan fingerprint density at radius 3 is 1.49 bits per heavy atom. The van der Waals surface area contributed by atoms with Gasteiger partial charge in [0.05, 0.1) is 5.54 Å². The van der Waals surface area contributed by atoms with Gasteiger partial charge in [-0.2, -0.15) is 0 Å². The Hall–Kier alpha value is -3.07. The van der Waals surface area contributed by atoms with Crippen LogP contribution in [0.2, 0.25) is 0 Å². The molecule has 3 amide bonds. The van der Waals surface area contributed by atoms with E-state index in [1.165, 1.54) is 45.2 Å². The van der Waals surface area contributed by atoms with E-state index in [0.29, 0.717) is 0 Å². The number of hydrogen-bond acceptors (Lipinski definition) is 7. The molecule has 3 N–H and O–H groups in total. The second kappa shape index (κ2) is 22.5. The molecular formula is C33H55N7O3. The van der Waals surface area contributed by atoms with E-state index in [-0.39, 0.29) is 23.3 Å². The van der Waals surface area contributed by atoms with Crippen LogP contribution in [0.1, 0.15) is 58.8 Å². The molecule has 10 heteroatoms. The standard InChI is InChI=1S/C11H19N3O.2C11H18N2O/c1-12-11(15)5-3-4-6-14-9-7-13(2)8-10-14;1-11(2,7-6-10(14)12-3)13-8-4-5-9-13;1-12-11(14)7-3-6-10-13-8-4-2-5-9-13/h4,6-10H2,1-2H3,(H,12,15);4-5,8-9H2,1-3H3,(H,12,14);2,4-6,8-10H2,1H3,(H,12,14). The van der Waals surface area contributed by atoms with Gasteiger partial charge in [-0.05, 0) is 90.5 Å². The third-order valence-corrected chi connectivity index (χ3v) is 7.61. The Morgan fingerprint density at radius 1 is 0.605 bits per heavy atom. The lowest BCUT2D eigenvalue weighted by atomic mass is 10.0. The van der Waals surface area contributed by atoms with Gasteiger partial charge in [-0.1, -0.05) is 24.2 Å². The number of amides is 3. The molecule has 3 saturated heterocycles. The van der Waals surface area contributed by atoms with Crippen LogP contribution < -0.4 is 16.0 Å². The molecule has 0 aromatic heterocycles. The number of likely N-dealkylation sites (tertiary alicyclic amines) is 2. The van der Waals surface area contributed by atoms with Crippen LogP contribution in [0.4, 0.5) is 0 Å². The lowest BCUT2D eigenvalue weighted by molar-refractivity contribution is -0.116. The van der Waals surface area contributed by atoms with Crippen molar-refractivity contribution in [2.24, 2.45) is 0 Å². The third-order valence-electron chi connectivity index (χ3n) is 7.61. The molecule has 0 unspecified atom stereocenters. The highest BCUT2D eigenvalue weighted by Crippen LogP contribution is 2.19. The Morgan fingerprint density at radius 2 is 1.02 bits per heavy atom. The van der Waals surface area contributed by atoms with Crippen LogP contribution in [-0.4, -0.2) is 136 Å². The average molecular weight is 598 g/mol. The molecule has 10 nitrogen and oxygen atoms in total. The topological polar surface area (TPSA) is 100 Å². The molecule has 3 aliphatic heterocycles. The number of nitrogens with zero attached hydrogens (tertiary/aromatic N) is 4. The summed E-state index contributed by atoms with van der Waals surface area (Å²) in [5.74, 6) is 15.9. The van der Waals surface area contributed by atoms with Gasteiger partial charge >= 0.3 is 0 Å². The van der Waals surface area contributed by atoms with Crippen molar-refractivity contribution >= 4 is 17.7 Å². The molecule has 3 aliphatic rings. The molecule has 0 spiro atoms. The molecule has 0 radical (unpaired) electrons. The summed E-state index contributed by atoms with van der Waals surface area (Å²) < 4.78 is 0. The zero-order chi connectivity index (χ0) is 31.9. The number of carbonyl (C=O) groups excluding carboxylic acids is 3. The second-order valence-corrected chi connectivity index (χ2v) is 11.4. The van der Waals surface area contributed by atoms with E-state index < -0.39 is 0 Å². The minimum absolute atomic E-state index is 0.178. The van der Waals surface area contributed by atoms with E-state index in [2.05, 4.69) is 92.0 Å². The molecule has 3 fully saturated rings. The first-order valence-electron chi connectivity index (χ1n) is 15.7. The monoisotopic (exact) mass is 597 g/mol. The molecule has 3 heterocycles. The lowest BCUT2D eigenvalue weighted by Gasteiger charge is -2.31. The van der Waals surface area contributed by atoms with E-state index >= 15 is 0 Å². The van der Waals surface area contributed by atoms with Crippen LogP contribution in [0.15, 0.2) is 0 Å². The molecule has 0 aliphatic carbocycles. The van der Waals surface area contributed by atoms with E-state index in [9.17, 15) is 14.4 Å². The van der Waals surface area contributed by atoms with E-state index in [4.69, 9.17) is 0 Å². The summed E-state index contributed by atoms with van der Waals surface area (Å²) in [6.07, 6.45) is 8.03. The van der Waals surface area contributed by atoms with Crippen molar-refractivity contribution in [2.75, 3.05) is 93.6 Å². The van der Waals surface area contributed by atoms with Crippen molar-refractivity contribution in [1.82, 2.24) is 35.6 Å². The second-order valence-electron chi connectivity index (χ2n) is 11.4. The summed E-state index contributed by atoms with van der Waals surface area (Å²) in [5.41, 5.74) is -0.178. The molecule has 0 saturated carbocycles. The zero-order valence-electron chi connectivity index (χ0n) is 27.5. The summed E-state index contributed by atoms with van der Waals surface area (Å²) in [5, 5.41) is 7.45. The normalized spacial score (nSPS) is 17.4. The first-order valence-corrected chi connectivity index (χ1v) is 15.7. The minimum Gasteiger partial charge on any atom is -0.348 e. The van der Waals surface area contributed by atoms with Gasteiger partial charge < -0.3 is 25.8 Å². The first-order chi connectivity index (χ1) is 20.6. The number of likely N-dealkylation sites (N-methyl/N-ethyl adjacent to an activating group) is 1. The van der Waals surface area contributed by atoms with E-state index in [1.54, 1.807) is 21.1 Å². The summed E-state index contributed by atoms with van der Waals surface area (Å²) in [7, 11) is 6.93. The van der Waals surface area contributed by atoms with Crippen LogP contribution in [0.5, 0.6) is 0 Å². The Labute approximate surface area is 261 Å². The Balaban J connectivity index is 0.000000323. The molecule has 0 atom stereocenters. The number of piperazine rings is 1. The predicted molar refractivity (Wildman–Crippen MR) is 174 cm³/mol. The quantitative estimate of drug-likeness (QED) is 0.399. The van der Waals surface area contributed by atoms with Crippen LogP contribution in [-0.2, 0) is 14.4 Å². The predicted octanol–water partition coefficient (Wildman–Crippen LogP) is 0.595. The van der Waals surface area contributed by atoms with Crippen LogP contribution in [0.3, 0.4) is 0 Å². The van der Waals surface area contributed by atoms with E-state index in [0.717, 1.165) is 65.2 Å². The van der Waals surface area contributed by atoms with Crippen molar-refractivity contribution in [1.29, 1.82) is 0 Å². The molecule has 0 aromatic rings. The Bertz CT molecular complexity index is 1020. The van der Waals surface area contributed by atoms with Crippen molar-refractivity contribution in [3.05, 3.63) is 0 Å². The minimum atomic E-state index is -0.211.